The molecular formula is C16H29N3O. The maximum Gasteiger partial charge on any atom is 0.0624 e. The molecule has 0 radical (unpaired) electrons. The fourth-order valence-corrected chi connectivity index (χ4v) is 3.14. The highest BCUT2D eigenvalue weighted by Gasteiger charge is 2.32. The molecule has 2 heterocycles. The summed E-state index contributed by atoms with van der Waals surface area (Å²) in [5.41, 5.74) is 2.52. The molecular weight excluding hydrogens is 250 g/mol. The van der Waals surface area contributed by atoms with Crippen molar-refractivity contribution in [2.75, 3.05) is 13.2 Å². The van der Waals surface area contributed by atoms with Crippen molar-refractivity contribution >= 4 is 0 Å². The minimum Gasteiger partial charge on any atom is -0.378 e. The molecule has 1 aliphatic rings. The number of rotatable bonds is 7. The lowest BCUT2D eigenvalue weighted by atomic mass is 9.90. The fourth-order valence-electron chi connectivity index (χ4n) is 3.14. The summed E-state index contributed by atoms with van der Waals surface area (Å²) in [6, 6.07) is 2.74. The monoisotopic (exact) mass is 279 g/mol. The summed E-state index contributed by atoms with van der Waals surface area (Å²) in [4.78, 5) is 0. The van der Waals surface area contributed by atoms with Gasteiger partial charge in [0, 0.05) is 37.7 Å². The topological polar surface area (TPSA) is 39.1 Å². The third-order valence-electron chi connectivity index (χ3n) is 4.43. The first-order valence-corrected chi connectivity index (χ1v) is 8.02. The van der Waals surface area contributed by atoms with Gasteiger partial charge in [0.2, 0.25) is 0 Å². The van der Waals surface area contributed by atoms with E-state index >= 15 is 0 Å². The van der Waals surface area contributed by atoms with Crippen LogP contribution in [-0.2, 0) is 24.6 Å². The SMILES string of the molecule is CCCNC(Cc1cc(CC)nn1C)C1CCOC1C. The van der Waals surface area contributed by atoms with Gasteiger partial charge in [-0.25, -0.2) is 0 Å². The molecule has 1 aromatic rings. The van der Waals surface area contributed by atoms with Crippen LogP contribution in [0.1, 0.15) is 45.0 Å². The fraction of sp³-hybridized carbons (Fsp3) is 0.812. The second-order valence-electron chi connectivity index (χ2n) is 5.90. The molecule has 0 aromatic carbocycles. The predicted octanol–water partition coefficient (Wildman–Crippen LogP) is 2.32. The zero-order valence-corrected chi connectivity index (χ0v) is 13.4. The van der Waals surface area contributed by atoms with E-state index in [0.717, 1.165) is 26.0 Å². The maximum absolute atomic E-state index is 5.76. The summed E-state index contributed by atoms with van der Waals surface area (Å²) in [7, 11) is 2.06. The highest BCUT2D eigenvalue weighted by atomic mass is 16.5. The Morgan fingerprint density at radius 1 is 1.50 bits per heavy atom. The Bertz CT molecular complexity index is 416. The highest BCUT2D eigenvalue weighted by Crippen LogP contribution is 2.26. The van der Waals surface area contributed by atoms with Crippen molar-refractivity contribution in [1.82, 2.24) is 15.1 Å². The minimum atomic E-state index is 0.364. The quantitative estimate of drug-likeness (QED) is 0.832. The van der Waals surface area contributed by atoms with Crippen LogP contribution in [0.25, 0.3) is 0 Å². The standard InChI is InChI=1S/C16H29N3O/c1-5-8-17-16(15-7-9-20-12(15)3)11-14-10-13(6-2)18-19(14)4/h10,12,15-17H,5-9,11H2,1-4H3. The zero-order chi connectivity index (χ0) is 14.5. The number of nitrogens with zero attached hydrogens (tertiary/aromatic N) is 2. The molecule has 2 rings (SSSR count). The van der Waals surface area contributed by atoms with E-state index in [0.29, 0.717) is 18.1 Å². The molecule has 0 aliphatic carbocycles. The van der Waals surface area contributed by atoms with Crippen LogP contribution in [0.2, 0.25) is 0 Å². The Kier molecular flexibility index (Phi) is 5.61. The number of aromatic nitrogens is 2. The van der Waals surface area contributed by atoms with Gasteiger partial charge in [0.25, 0.3) is 0 Å². The van der Waals surface area contributed by atoms with Gasteiger partial charge in [-0.15, -0.1) is 0 Å². The molecule has 114 valence electrons. The first-order chi connectivity index (χ1) is 9.65. The molecule has 20 heavy (non-hydrogen) atoms. The van der Waals surface area contributed by atoms with Gasteiger partial charge < -0.3 is 10.1 Å². The van der Waals surface area contributed by atoms with Gasteiger partial charge in [0.05, 0.1) is 11.8 Å². The Labute approximate surface area is 122 Å². The molecule has 0 amide bonds. The number of ether oxygens (including phenoxy) is 1. The molecule has 0 bridgehead atoms. The van der Waals surface area contributed by atoms with Gasteiger partial charge in [0.1, 0.15) is 0 Å². The summed E-state index contributed by atoms with van der Waals surface area (Å²) in [6.45, 7) is 8.57. The van der Waals surface area contributed by atoms with Crippen molar-refractivity contribution in [3.8, 4) is 0 Å². The Morgan fingerprint density at radius 3 is 2.85 bits per heavy atom. The van der Waals surface area contributed by atoms with Gasteiger partial charge in [0.15, 0.2) is 0 Å². The van der Waals surface area contributed by atoms with Crippen LogP contribution in [0.4, 0.5) is 0 Å². The van der Waals surface area contributed by atoms with Crippen LogP contribution in [0, 0.1) is 5.92 Å². The van der Waals surface area contributed by atoms with E-state index in [4.69, 9.17) is 4.74 Å². The van der Waals surface area contributed by atoms with Crippen molar-refractivity contribution in [1.29, 1.82) is 0 Å². The largest absolute Gasteiger partial charge is 0.378 e. The van der Waals surface area contributed by atoms with E-state index in [2.05, 4.69) is 44.3 Å². The van der Waals surface area contributed by atoms with E-state index < -0.39 is 0 Å². The van der Waals surface area contributed by atoms with Crippen molar-refractivity contribution < 1.29 is 4.74 Å². The summed E-state index contributed by atoms with van der Waals surface area (Å²) < 4.78 is 7.80. The van der Waals surface area contributed by atoms with Gasteiger partial charge in [-0.1, -0.05) is 13.8 Å². The number of nitrogens with one attached hydrogen (secondary N) is 1. The van der Waals surface area contributed by atoms with E-state index in [1.807, 2.05) is 4.68 Å². The Hall–Kier alpha value is -0.870. The van der Waals surface area contributed by atoms with E-state index in [1.54, 1.807) is 0 Å². The second-order valence-corrected chi connectivity index (χ2v) is 5.90. The molecule has 1 aliphatic heterocycles. The van der Waals surface area contributed by atoms with E-state index in [-0.39, 0.29) is 0 Å². The summed E-state index contributed by atoms with van der Waals surface area (Å²) >= 11 is 0. The number of aryl methyl sites for hydroxylation is 2. The van der Waals surface area contributed by atoms with Crippen molar-refractivity contribution in [3.05, 3.63) is 17.5 Å². The van der Waals surface area contributed by atoms with Crippen molar-refractivity contribution in [2.45, 2.75) is 58.6 Å². The smallest absolute Gasteiger partial charge is 0.0624 e. The van der Waals surface area contributed by atoms with Gasteiger partial charge >= 0.3 is 0 Å². The maximum atomic E-state index is 5.76. The van der Waals surface area contributed by atoms with Crippen LogP contribution in [0.3, 0.4) is 0 Å². The van der Waals surface area contributed by atoms with Crippen LogP contribution >= 0.6 is 0 Å². The minimum absolute atomic E-state index is 0.364. The molecule has 1 N–H and O–H groups in total. The molecule has 0 spiro atoms. The average molecular weight is 279 g/mol. The molecule has 4 nitrogen and oxygen atoms in total. The third kappa shape index (κ3) is 3.61. The van der Waals surface area contributed by atoms with Crippen LogP contribution in [0.5, 0.6) is 0 Å². The lowest BCUT2D eigenvalue weighted by Gasteiger charge is -2.27. The first-order valence-electron chi connectivity index (χ1n) is 8.02. The summed E-state index contributed by atoms with van der Waals surface area (Å²) in [5.74, 6) is 0.613. The molecule has 0 saturated carbocycles. The van der Waals surface area contributed by atoms with E-state index in [9.17, 15) is 0 Å². The van der Waals surface area contributed by atoms with E-state index in [1.165, 1.54) is 24.2 Å². The third-order valence-corrected chi connectivity index (χ3v) is 4.43. The molecule has 3 atom stereocenters. The van der Waals surface area contributed by atoms with Crippen LogP contribution in [-0.4, -0.2) is 35.1 Å². The molecule has 1 saturated heterocycles. The lowest BCUT2D eigenvalue weighted by molar-refractivity contribution is 0.0951. The highest BCUT2D eigenvalue weighted by molar-refractivity contribution is 5.12. The Morgan fingerprint density at radius 2 is 2.30 bits per heavy atom. The number of hydrogen-bond acceptors (Lipinski definition) is 3. The second kappa shape index (κ2) is 7.23. The van der Waals surface area contributed by atoms with Crippen molar-refractivity contribution in [2.24, 2.45) is 13.0 Å². The predicted molar refractivity (Wildman–Crippen MR) is 81.9 cm³/mol. The molecule has 1 fully saturated rings. The van der Waals surface area contributed by atoms with Crippen molar-refractivity contribution in [3.63, 3.8) is 0 Å². The van der Waals surface area contributed by atoms with Gasteiger partial charge in [-0.3, -0.25) is 4.68 Å². The first kappa shape index (κ1) is 15.5. The Balaban J connectivity index is 2.07. The van der Waals surface area contributed by atoms with Gasteiger partial charge in [-0.2, -0.15) is 5.10 Å². The van der Waals surface area contributed by atoms with Gasteiger partial charge in [-0.05, 0) is 38.8 Å². The number of hydrogen-bond donors (Lipinski definition) is 1. The molecule has 4 heteroatoms. The molecule has 1 aromatic heterocycles. The normalized spacial score (nSPS) is 24.2. The lowest BCUT2D eigenvalue weighted by Crippen LogP contribution is -2.41. The summed E-state index contributed by atoms with van der Waals surface area (Å²) in [6.07, 6.45) is 4.75. The van der Waals surface area contributed by atoms with Crippen LogP contribution in [0.15, 0.2) is 6.07 Å². The van der Waals surface area contributed by atoms with Crippen LogP contribution < -0.4 is 5.32 Å². The zero-order valence-electron chi connectivity index (χ0n) is 13.4. The molecule has 3 unspecified atom stereocenters. The summed E-state index contributed by atoms with van der Waals surface area (Å²) in [5, 5.41) is 8.29. The average Bonchev–Trinajstić information content (AvgIpc) is 3.01.